The summed E-state index contributed by atoms with van der Waals surface area (Å²) in [6.07, 6.45) is -0.352. The van der Waals surface area contributed by atoms with E-state index in [2.05, 4.69) is 5.10 Å². The number of aromatic nitrogens is 2. The molecular formula is C10H13N3O4. The van der Waals surface area contributed by atoms with Crippen LogP contribution in [0.15, 0.2) is 0 Å². The number of rotatable bonds is 1. The van der Waals surface area contributed by atoms with Crippen LogP contribution in [0, 0.1) is 6.92 Å². The maximum atomic E-state index is 10.9. The number of carbonyl (C=O) groups is 2. The van der Waals surface area contributed by atoms with Crippen molar-refractivity contribution in [2.24, 2.45) is 0 Å². The van der Waals surface area contributed by atoms with Crippen LogP contribution < -0.4 is 0 Å². The number of carboxylic acid groups (broad SMARTS) is 2. The molecule has 1 amide bonds. The lowest BCUT2D eigenvalue weighted by atomic mass is 10.2. The van der Waals surface area contributed by atoms with Crippen molar-refractivity contribution in [2.75, 3.05) is 6.54 Å². The molecule has 1 aliphatic heterocycles. The van der Waals surface area contributed by atoms with Crippen molar-refractivity contribution in [2.45, 2.75) is 26.4 Å². The minimum absolute atomic E-state index is 0.00670. The van der Waals surface area contributed by atoms with Gasteiger partial charge in [0.15, 0.2) is 5.69 Å². The van der Waals surface area contributed by atoms with Crippen molar-refractivity contribution in [1.82, 2.24) is 14.7 Å². The molecule has 2 rings (SSSR count). The smallest absolute Gasteiger partial charge is 0.407 e. The van der Waals surface area contributed by atoms with E-state index in [1.165, 1.54) is 4.90 Å². The van der Waals surface area contributed by atoms with Crippen LogP contribution in [0.5, 0.6) is 0 Å². The number of hydrogen-bond donors (Lipinski definition) is 2. The second-order valence-electron chi connectivity index (χ2n) is 4.01. The van der Waals surface area contributed by atoms with Crippen molar-refractivity contribution in [3.05, 3.63) is 17.0 Å². The Morgan fingerprint density at radius 1 is 1.29 bits per heavy atom. The standard InChI is InChI=1S/C10H13N3O4/c1-6-7-5-12(10(16)17)3-2-4-13(7)11-8(6)9(14)15/h2-5H2,1H3,(H,14,15)(H,16,17). The SMILES string of the molecule is Cc1c(C(=O)O)nn2c1CN(C(=O)O)CCC2. The molecule has 0 spiro atoms. The zero-order valence-electron chi connectivity index (χ0n) is 9.38. The lowest BCUT2D eigenvalue weighted by Crippen LogP contribution is -2.29. The molecule has 0 saturated heterocycles. The summed E-state index contributed by atoms with van der Waals surface area (Å²) in [6, 6.07) is 0. The summed E-state index contributed by atoms with van der Waals surface area (Å²) < 4.78 is 1.60. The largest absolute Gasteiger partial charge is 0.476 e. The van der Waals surface area contributed by atoms with Gasteiger partial charge < -0.3 is 15.1 Å². The van der Waals surface area contributed by atoms with Gasteiger partial charge in [0.25, 0.3) is 0 Å². The number of amides is 1. The van der Waals surface area contributed by atoms with Crippen LogP contribution in [0.4, 0.5) is 4.79 Å². The van der Waals surface area contributed by atoms with Gasteiger partial charge in [-0.05, 0) is 13.3 Å². The zero-order chi connectivity index (χ0) is 12.6. The van der Waals surface area contributed by atoms with Crippen LogP contribution in [0.25, 0.3) is 0 Å². The Kier molecular flexibility index (Phi) is 2.74. The molecule has 0 atom stereocenters. The fraction of sp³-hybridized carbons (Fsp3) is 0.500. The second kappa shape index (κ2) is 4.08. The van der Waals surface area contributed by atoms with Crippen LogP contribution in [-0.2, 0) is 13.1 Å². The monoisotopic (exact) mass is 239 g/mol. The van der Waals surface area contributed by atoms with Crippen LogP contribution in [0.1, 0.15) is 28.2 Å². The van der Waals surface area contributed by atoms with E-state index < -0.39 is 12.1 Å². The summed E-state index contributed by atoms with van der Waals surface area (Å²) in [5, 5.41) is 21.9. The van der Waals surface area contributed by atoms with E-state index in [4.69, 9.17) is 10.2 Å². The first-order chi connectivity index (χ1) is 8.00. The normalized spacial score (nSPS) is 15.2. The van der Waals surface area contributed by atoms with Gasteiger partial charge in [-0.2, -0.15) is 5.10 Å². The number of carboxylic acids is 1. The predicted molar refractivity (Wildman–Crippen MR) is 57.0 cm³/mol. The molecular weight excluding hydrogens is 226 g/mol. The summed E-state index contributed by atoms with van der Waals surface area (Å²) in [6.45, 7) is 2.85. The fourth-order valence-electron chi connectivity index (χ4n) is 2.01. The van der Waals surface area contributed by atoms with Gasteiger partial charge in [0.1, 0.15) is 0 Å². The van der Waals surface area contributed by atoms with Gasteiger partial charge >= 0.3 is 12.1 Å². The first kappa shape index (κ1) is 11.4. The highest BCUT2D eigenvalue weighted by Crippen LogP contribution is 2.19. The van der Waals surface area contributed by atoms with E-state index in [0.717, 1.165) is 0 Å². The Hall–Kier alpha value is -2.05. The molecule has 2 heterocycles. The summed E-state index contributed by atoms with van der Waals surface area (Å²) >= 11 is 0. The van der Waals surface area contributed by atoms with Crippen molar-refractivity contribution in [1.29, 1.82) is 0 Å². The molecule has 0 aliphatic carbocycles. The van der Waals surface area contributed by atoms with Gasteiger partial charge in [0.2, 0.25) is 0 Å². The van der Waals surface area contributed by atoms with Crippen molar-refractivity contribution >= 4 is 12.1 Å². The van der Waals surface area contributed by atoms with Gasteiger partial charge in [-0.1, -0.05) is 0 Å². The van der Waals surface area contributed by atoms with E-state index in [1.54, 1.807) is 11.6 Å². The number of aryl methyl sites for hydroxylation is 1. The Morgan fingerprint density at radius 3 is 2.59 bits per heavy atom. The van der Waals surface area contributed by atoms with Gasteiger partial charge in [0.05, 0.1) is 12.2 Å². The lowest BCUT2D eigenvalue weighted by molar-refractivity contribution is 0.0688. The highest BCUT2D eigenvalue weighted by molar-refractivity contribution is 5.87. The molecule has 17 heavy (non-hydrogen) atoms. The summed E-state index contributed by atoms with van der Waals surface area (Å²) in [5.41, 5.74) is 1.22. The quantitative estimate of drug-likeness (QED) is 0.754. The molecule has 7 heteroatoms. The van der Waals surface area contributed by atoms with Crippen LogP contribution in [-0.4, -0.2) is 43.5 Å². The first-order valence-electron chi connectivity index (χ1n) is 5.28. The van der Waals surface area contributed by atoms with Crippen molar-refractivity contribution in [3.63, 3.8) is 0 Å². The molecule has 0 saturated carbocycles. The predicted octanol–water partition coefficient (Wildman–Crippen LogP) is 0.773. The minimum Gasteiger partial charge on any atom is -0.476 e. The Morgan fingerprint density at radius 2 is 2.00 bits per heavy atom. The Balaban J connectivity index is 2.40. The fourth-order valence-corrected chi connectivity index (χ4v) is 2.01. The van der Waals surface area contributed by atoms with E-state index in [9.17, 15) is 9.59 Å². The maximum absolute atomic E-state index is 10.9. The second-order valence-corrected chi connectivity index (χ2v) is 4.01. The molecule has 1 aromatic rings. The minimum atomic E-state index is -1.08. The molecule has 7 nitrogen and oxygen atoms in total. The highest BCUT2D eigenvalue weighted by Gasteiger charge is 2.25. The van der Waals surface area contributed by atoms with E-state index in [0.29, 0.717) is 30.8 Å². The maximum Gasteiger partial charge on any atom is 0.407 e. The third-order valence-corrected chi connectivity index (χ3v) is 2.93. The van der Waals surface area contributed by atoms with Crippen molar-refractivity contribution < 1.29 is 19.8 Å². The molecule has 0 bridgehead atoms. The van der Waals surface area contributed by atoms with Gasteiger partial charge in [-0.3, -0.25) is 4.68 Å². The van der Waals surface area contributed by atoms with E-state index >= 15 is 0 Å². The topological polar surface area (TPSA) is 95.7 Å². The third-order valence-electron chi connectivity index (χ3n) is 2.93. The molecule has 0 fully saturated rings. The van der Waals surface area contributed by atoms with Crippen LogP contribution in [0.3, 0.4) is 0 Å². The molecule has 2 N–H and O–H groups in total. The molecule has 0 unspecified atom stereocenters. The Bertz CT molecular complexity index is 480. The van der Waals surface area contributed by atoms with Gasteiger partial charge in [-0.25, -0.2) is 9.59 Å². The summed E-state index contributed by atoms with van der Waals surface area (Å²) in [5.74, 6) is -1.08. The summed E-state index contributed by atoms with van der Waals surface area (Å²) in [7, 11) is 0. The average molecular weight is 239 g/mol. The number of fused-ring (bicyclic) bond motifs is 1. The van der Waals surface area contributed by atoms with Gasteiger partial charge in [0, 0.05) is 18.7 Å². The van der Waals surface area contributed by atoms with E-state index in [-0.39, 0.29) is 12.2 Å². The Labute approximate surface area is 97.3 Å². The lowest BCUT2D eigenvalue weighted by Gasteiger charge is -2.15. The zero-order valence-corrected chi connectivity index (χ0v) is 9.38. The molecule has 0 radical (unpaired) electrons. The average Bonchev–Trinajstić information content (AvgIpc) is 2.47. The number of aromatic carboxylic acids is 1. The summed E-state index contributed by atoms with van der Waals surface area (Å²) in [4.78, 5) is 23.2. The molecule has 92 valence electrons. The van der Waals surface area contributed by atoms with Crippen molar-refractivity contribution in [3.8, 4) is 0 Å². The third kappa shape index (κ3) is 1.95. The van der Waals surface area contributed by atoms with Gasteiger partial charge in [-0.15, -0.1) is 0 Å². The van der Waals surface area contributed by atoms with E-state index in [1.807, 2.05) is 0 Å². The first-order valence-corrected chi connectivity index (χ1v) is 5.28. The molecule has 1 aliphatic rings. The number of hydrogen-bond acceptors (Lipinski definition) is 3. The molecule has 0 aromatic carbocycles. The van der Waals surface area contributed by atoms with Crippen LogP contribution >= 0.6 is 0 Å². The highest BCUT2D eigenvalue weighted by atomic mass is 16.4. The number of nitrogens with zero attached hydrogens (tertiary/aromatic N) is 3. The van der Waals surface area contributed by atoms with Crippen LogP contribution in [0.2, 0.25) is 0 Å². The molecule has 1 aromatic heterocycles.